The van der Waals surface area contributed by atoms with E-state index >= 15 is 0 Å². The van der Waals surface area contributed by atoms with Crippen LogP contribution < -0.4 is 4.72 Å². The lowest BCUT2D eigenvalue weighted by Gasteiger charge is -2.13. The molecule has 1 N–H and O–H groups in total. The number of hydrogen-bond donors (Lipinski definition) is 1. The van der Waals surface area contributed by atoms with Crippen molar-refractivity contribution in [1.82, 2.24) is 14.6 Å². The molecule has 120 valence electrons. The summed E-state index contributed by atoms with van der Waals surface area (Å²) >= 11 is 5.98. The Labute approximate surface area is 139 Å². The molecule has 6 nitrogen and oxygen atoms in total. The molecule has 0 unspecified atom stereocenters. The number of sulfonamides is 1. The molecular weight excluding hydrogens is 336 g/mol. The highest BCUT2D eigenvalue weighted by Gasteiger charge is 2.23. The standard InChI is InChI=1S/C15H15ClN4O2S/c1-9-7-12(16)8-10(2)14(9)23(21,22)19-13-11(3)18-20-6-4-5-17-15(13)20/h4-8,19H,1-3H3. The summed E-state index contributed by atoms with van der Waals surface area (Å²) in [6.45, 7) is 5.16. The first kappa shape index (κ1) is 15.8. The third-order valence-electron chi connectivity index (χ3n) is 3.50. The Bertz CT molecular complexity index is 988. The van der Waals surface area contributed by atoms with E-state index < -0.39 is 10.0 Å². The van der Waals surface area contributed by atoms with Crippen molar-refractivity contribution in [2.24, 2.45) is 0 Å². The van der Waals surface area contributed by atoms with Crippen molar-refractivity contribution < 1.29 is 8.42 Å². The van der Waals surface area contributed by atoms with E-state index in [2.05, 4.69) is 14.8 Å². The fourth-order valence-electron chi connectivity index (χ4n) is 2.62. The summed E-state index contributed by atoms with van der Waals surface area (Å²) in [5, 5.41) is 4.76. The first-order valence-electron chi connectivity index (χ1n) is 6.89. The van der Waals surface area contributed by atoms with Gasteiger partial charge < -0.3 is 0 Å². The first-order chi connectivity index (χ1) is 10.8. The number of rotatable bonds is 3. The topological polar surface area (TPSA) is 76.4 Å². The van der Waals surface area contributed by atoms with Gasteiger partial charge in [0.2, 0.25) is 0 Å². The SMILES string of the molecule is Cc1cc(Cl)cc(C)c1S(=O)(=O)Nc1c(C)nn2cccnc12. The third kappa shape index (κ3) is 2.77. The van der Waals surface area contributed by atoms with E-state index in [0.29, 0.717) is 33.2 Å². The van der Waals surface area contributed by atoms with Crippen LogP contribution in [0.3, 0.4) is 0 Å². The Balaban J connectivity index is 2.13. The van der Waals surface area contributed by atoms with Crippen molar-refractivity contribution in [3.63, 3.8) is 0 Å². The second kappa shape index (κ2) is 5.50. The van der Waals surface area contributed by atoms with E-state index in [-0.39, 0.29) is 4.90 Å². The Hall–Kier alpha value is -2.12. The molecule has 0 aliphatic heterocycles. The lowest BCUT2D eigenvalue weighted by molar-refractivity contribution is 0.600. The number of nitrogens with zero attached hydrogens (tertiary/aromatic N) is 3. The maximum Gasteiger partial charge on any atom is 0.262 e. The van der Waals surface area contributed by atoms with Crippen LogP contribution in [0.25, 0.3) is 5.65 Å². The number of aryl methyl sites for hydroxylation is 3. The predicted molar refractivity (Wildman–Crippen MR) is 89.5 cm³/mol. The van der Waals surface area contributed by atoms with Gasteiger partial charge in [-0.25, -0.2) is 17.9 Å². The summed E-state index contributed by atoms with van der Waals surface area (Å²) in [5.41, 5.74) is 2.56. The Kier molecular flexibility index (Phi) is 3.77. The largest absolute Gasteiger partial charge is 0.274 e. The number of nitrogens with one attached hydrogen (secondary N) is 1. The molecule has 0 aliphatic carbocycles. The van der Waals surface area contributed by atoms with E-state index in [0.717, 1.165) is 0 Å². The van der Waals surface area contributed by atoms with Crippen molar-refractivity contribution in [2.45, 2.75) is 25.7 Å². The number of anilines is 1. The fraction of sp³-hybridized carbons (Fsp3) is 0.200. The average Bonchev–Trinajstić information content (AvgIpc) is 2.73. The summed E-state index contributed by atoms with van der Waals surface area (Å²) in [6, 6.07) is 4.99. The van der Waals surface area contributed by atoms with Crippen LogP contribution in [0.5, 0.6) is 0 Å². The summed E-state index contributed by atoms with van der Waals surface area (Å²) < 4.78 is 29.8. The summed E-state index contributed by atoms with van der Waals surface area (Å²) in [7, 11) is -3.78. The Morgan fingerprint density at radius 1 is 1.17 bits per heavy atom. The molecule has 0 fully saturated rings. The fourth-order valence-corrected chi connectivity index (χ4v) is 4.53. The van der Waals surface area contributed by atoms with Crippen LogP contribution in [0.4, 0.5) is 5.69 Å². The first-order valence-corrected chi connectivity index (χ1v) is 8.75. The molecule has 2 aromatic heterocycles. The summed E-state index contributed by atoms with van der Waals surface area (Å²) in [4.78, 5) is 4.41. The molecule has 0 aliphatic rings. The molecule has 0 amide bonds. The number of aromatic nitrogens is 3. The average molecular weight is 351 g/mol. The van der Waals surface area contributed by atoms with Gasteiger partial charge in [-0.15, -0.1) is 0 Å². The molecule has 0 atom stereocenters. The van der Waals surface area contributed by atoms with Crippen molar-refractivity contribution in [1.29, 1.82) is 0 Å². The molecule has 23 heavy (non-hydrogen) atoms. The third-order valence-corrected chi connectivity index (χ3v) is 5.37. The minimum Gasteiger partial charge on any atom is -0.274 e. The van der Waals surface area contributed by atoms with Gasteiger partial charge in [0.1, 0.15) is 5.69 Å². The van der Waals surface area contributed by atoms with Crippen LogP contribution in [0.2, 0.25) is 5.02 Å². The van der Waals surface area contributed by atoms with Gasteiger partial charge in [-0.05, 0) is 50.1 Å². The predicted octanol–water partition coefficient (Wildman–Crippen LogP) is 3.11. The van der Waals surface area contributed by atoms with Crippen LogP contribution in [0.15, 0.2) is 35.5 Å². The number of benzene rings is 1. The van der Waals surface area contributed by atoms with Gasteiger partial charge >= 0.3 is 0 Å². The maximum atomic E-state index is 12.8. The minimum absolute atomic E-state index is 0.219. The second-order valence-electron chi connectivity index (χ2n) is 5.32. The van der Waals surface area contributed by atoms with E-state index in [1.165, 1.54) is 4.52 Å². The molecule has 3 rings (SSSR count). The maximum absolute atomic E-state index is 12.8. The van der Waals surface area contributed by atoms with E-state index in [1.54, 1.807) is 51.4 Å². The quantitative estimate of drug-likeness (QED) is 0.787. The van der Waals surface area contributed by atoms with Crippen molar-refractivity contribution in [2.75, 3.05) is 4.72 Å². The van der Waals surface area contributed by atoms with Crippen LogP contribution in [-0.4, -0.2) is 23.0 Å². The van der Waals surface area contributed by atoms with Gasteiger partial charge in [0.15, 0.2) is 5.65 Å². The van der Waals surface area contributed by atoms with Crippen molar-refractivity contribution >= 4 is 33.0 Å². The smallest absolute Gasteiger partial charge is 0.262 e. The number of fused-ring (bicyclic) bond motifs is 1. The van der Waals surface area contributed by atoms with Gasteiger partial charge in [-0.1, -0.05) is 11.6 Å². The van der Waals surface area contributed by atoms with Crippen LogP contribution in [0.1, 0.15) is 16.8 Å². The van der Waals surface area contributed by atoms with Gasteiger partial charge in [-0.2, -0.15) is 5.10 Å². The van der Waals surface area contributed by atoms with Gasteiger partial charge in [-0.3, -0.25) is 4.72 Å². The second-order valence-corrected chi connectivity index (χ2v) is 7.38. The molecule has 0 bridgehead atoms. The monoisotopic (exact) mass is 350 g/mol. The van der Waals surface area contributed by atoms with E-state index in [4.69, 9.17) is 11.6 Å². The Morgan fingerprint density at radius 3 is 2.48 bits per heavy atom. The molecule has 0 spiro atoms. The lowest BCUT2D eigenvalue weighted by Crippen LogP contribution is -2.16. The minimum atomic E-state index is -3.78. The number of hydrogen-bond acceptors (Lipinski definition) is 4. The van der Waals surface area contributed by atoms with Crippen LogP contribution in [-0.2, 0) is 10.0 Å². The normalized spacial score (nSPS) is 11.8. The molecule has 0 saturated carbocycles. The van der Waals surface area contributed by atoms with Crippen LogP contribution in [0, 0.1) is 20.8 Å². The van der Waals surface area contributed by atoms with E-state index in [1.807, 2.05) is 0 Å². The summed E-state index contributed by atoms with van der Waals surface area (Å²) in [5.74, 6) is 0. The Morgan fingerprint density at radius 2 is 1.83 bits per heavy atom. The highest BCUT2D eigenvalue weighted by atomic mass is 35.5. The molecular formula is C15H15ClN4O2S. The van der Waals surface area contributed by atoms with Crippen LogP contribution >= 0.6 is 11.6 Å². The van der Waals surface area contributed by atoms with E-state index in [9.17, 15) is 8.42 Å². The van der Waals surface area contributed by atoms with Crippen molar-refractivity contribution in [3.8, 4) is 0 Å². The van der Waals surface area contributed by atoms with Crippen molar-refractivity contribution in [3.05, 3.63) is 52.4 Å². The summed E-state index contributed by atoms with van der Waals surface area (Å²) in [6.07, 6.45) is 3.30. The zero-order valence-electron chi connectivity index (χ0n) is 12.8. The zero-order valence-corrected chi connectivity index (χ0v) is 14.4. The lowest BCUT2D eigenvalue weighted by atomic mass is 10.2. The molecule has 3 aromatic rings. The zero-order chi connectivity index (χ0) is 16.8. The molecule has 0 saturated heterocycles. The number of halogens is 1. The molecule has 2 heterocycles. The van der Waals surface area contributed by atoms with Gasteiger partial charge in [0.25, 0.3) is 10.0 Å². The van der Waals surface area contributed by atoms with Gasteiger partial charge in [0.05, 0.1) is 10.6 Å². The highest BCUT2D eigenvalue weighted by Crippen LogP contribution is 2.28. The van der Waals surface area contributed by atoms with Gasteiger partial charge in [0, 0.05) is 17.4 Å². The highest BCUT2D eigenvalue weighted by molar-refractivity contribution is 7.92. The molecule has 0 radical (unpaired) electrons. The molecule has 1 aromatic carbocycles. The molecule has 8 heteroatoms.